The Hall–Kier alpha value is -4.06. The minimum atomic E-state index is -0.771. The molecule has 4 nitrogen and oxygen atoms in total. The first-order valence-electron chi connectivity index (χ1n) is 15.7. The second-order valence-electron chi connectivity index (χ2n) is 11.6. The van der Waals surface area contributed by atoms with Crippen molar-refractivity contribution in [2.75, 3.05) is 39.3 Å². The van der Waals surface area contributed by atoms with Crippen molar-refractivity contribution >= 4 is 0 Å². The molecule has 1 aliphatic heterocycles. The van der Waals surface area contributed by atoms with E-state index in [1.54, 1.807) is 0 Å². The smallest absolute Gasteiger partial charge is 0.143 e. The maximum Gasteiger partial charge on any atom is 0.143 e. The maximum absolute atomic E-state index is 7.22. The Morgan fingerprint density at radius 2 is 0.909 bits per heavy atom. The maximum atomic E-state index is 7.22. The van der Waals surface area contributed by atoms with Crippen LogP contribution in [0, 0.1) is 0 Å². The van der Waals surface area contributed by atoms with Gasteiger partial charge in [-0.2, -0.15) is 0 Å². The molecule has 1 fully saturated rings. The number of ether oxygens (including phenoxy) is 2. The molecule has 224 valence electrons. The molecule has 0 bridgehead atoms. The summed E-state index contributed by atoms with van der Waals surface area (Å²) >= 11 is 0. The summed E-state index contributed by atoms with van der Waals surface area (Å²) in [6.07, 6.45) is -0.105. The highest BCUT2D eigenvalue weighted by Crippen LogP contribution is 2.40. The predicted molar refractivity (Wildman–Crippen MR) is 178 cm³/mol. The minimum Gasteiger partial charge on any atom is -0.370 e. The van der Waals surface area contributed by atoms with Crippen molar-refractivity contribution < 1.29 is 9.47 Å². The molecule has 0 aromatic heterocycles. The zero-order valence-corrected chi connectivity index (χ0v) is 25.4. The largest absolute Gasteiger partial charge is 0.370 e. The predicted octanol–water partition coefficient (Wildman–Crippen LogP) is 7.40. The van der Waals surface area contributed by atoms with Crippen LogP contribution in [0.25, 0.3) is 0 Å². The molecule has 0 amide bonds. The molecular weight excluding hydrogens is 540 g/mol. The molecule has 6 rings (SSSR count). The molecule has 44 heavy (non-hydrogen) atoms. The second kappa shape index (κ2) is 15.1. The zero-order chi connectivity index (χ0) is 29.9. The summed E-state index contributed by atoms with van der Waals surface area (Å²) in [4.78, 5) is 5.09. The van der Waals surface area contributed by atoms with Crippen LogP contribution in [-0.2, 0) is 28.2 Å². The van der Waals surface area contributed by atoms with Gasteiger partial charge in [0.05, 0.1) is 19.3 Å². The molecule has 1 aliphatic rings. The molecule has 0 N–H and O–H groups in total. The molecule has 1 atom stereocenters. The summed E-state index contributed by atoms with van der Waals surface area (Å²) in [5.74, 6) is 0. The lowest BCUT2D eigenvalue weighted by Gasteiger charge is -2.39. The van der Waals surface area contributed by atoms with Gasteiger partial charge in [0.1, 0.15) is 5.60 Å². The van der Waals surface area contributed by atoms with Crippen molar-refractivity contribution in [3.8, 4) is 0 Å². The first-order chi connectivity index (χ1) is 21.8. The highest BCUT2D eigenvalue weighted by molar-refractivity contribution is 5.47. The SMILES string of the molecule is c1ccc(COC(COC(c2ccccc2)(c2ccccc2)c2ccccc2)CN2CCN(Cc3ccccc3)CC2)cc1. The van der Waals surface area contributed by atoms with Gasteiger partial charge in [0.15, 0.2) is 0 Å². The minimum absolute atomic E-state index is 0.105. The van der Waals surface area contributed by atoms with Crippen molar-refractivity contribution in [1.82, 2.24) is 9.80 Å². The van der Waals surface area contributed by atoms with Crippen LogP contribution in [-0.4, -0.2) is 55.2 Å². The Balaban J connectivity index is 1.23. The number of hydrogen-bond acceptors (Lipinski definition) is 4. The lowest BCUT2D eigenvalue weighted by atomic mass is 9.80. The van der Waals surface area contributed by atoms with Gasteiger partial charge in [0, 0.05) is 39.3 Å². The zero-order valence-electron chi connectivity index (χ0n) is 25.4. The molecule has 5 aromatic carbocycles. The highest BCUT2D eigenvalue weighted by atomic mass is 16.5. The Morgan fingerprint density at radius 3 is 1.39 bits per heavy atom. The molecule has 0 radical (unpaired) electrons. The normalized spacial score (nSPS) is 15.2. The van der Waals surface area contributed by atoms with Crippen molar-refractivity contribution in [3.05, 3.63) is 179 Å². The third-order valence-electron chi connectivity index (χ3n) is 8.53. The Bertz CT molecular complexity index is 1410. The van der Waals surface area contributed by atoms with Gasteiger partial charge in [-0.3, -0.25) is 9.80 Å². The summed E-state index contributed by atoms with van der Waals surface area (Å²) in [7, 11) is 0. The van der Waals surface area contributed by atoms with Gasteiger partial charge < -0.3 is 9.47 Å². The summed E-state index contributed by atoms with van der Waals surface area (Å²) in [6.45, 7) is 6.94. The van der Waals surface area contributed by atoms with Gasteiger partial charge in [-0.05, 0) is 27.8 Å². The summed E-state index contributed by atoms with van der Waals surface area (Å²) < 4.78 is 13.9. The highest BCUT2D eigenvalue weighted by Gasteiger charge is 2.38. The molecule has 1 saturated heterocycles. The van der Waals surface area contributed by atoms with E-state index in [0.29, 0.717) is 13.2 Å². The van der Waals surface area contributed by atoms with Crippen LogP contribution in [0.4, 0.5) is 0 Å². The van der Waals surface area contributed by atoms with E-state index in [2.05, 4.69) is 155 Å². The number of benzene rings is 5. The van der Waals surface area contributed by atoms with E-state index in [9.17, 15) is 0 Å². The van der Waals surface area contributed by atoms with Crippen molar-refractivity contribution in [3.63, 3.8) is 0 Å². The average Bonchev–Trinajstić information content (AvgIpc) is 3.10. The fraction of sp³-hybridized carbons (Fsp3) is 0.250. The summed E-state index contributed by atoms with van der Waals surface area (Å²) in [6, 6.07) is 53.0. The number of nitrogens with zero attached hydrogens (tertiary/aromatic N) is 2. The van der Waals surface area contributed by atoms with Gasteiger partial charge in [0.2, 0.25) is 0 Å². The number of piperazine rings is 1. The van der Waals surface area contributed by atoms with Crippen LogP contribution in [0.5, 0.6) is 0 Å². The van der Waals surface area contributed by atoms with Crippen LogP contribution < -0.4 is 0 Å². The molecule has 5 aromatic rings. The molecule has 0 saturated carbocycles. The molecule has 0 aliphatic carbocycles. The Labute approximate surface area is 262 Å². The average molecular weight is 583 g/mol. The molecule has 0 spiro atoms. The van der Waals surface area contributed by atoms with Crippen LogP contribution in [0.1, 0.15) is 27.8 Å². The van der Waals surface area contributed by atoms with Crippen LogP contribution in [0.2, 0.25) is 0 Å². The van der Waals surface area contributed by atoms with Gasteiger partial charge >= 0.3 is 0 Å². The van der Waals surface area contributed by atoms with E-state index < -0.39 is 5.60 Å². The van der Waals surface area contributed by atoms with E-state index in [4.69, 9.17) is 9.47 Å². The topological polar surface area (TPSA) is 24.9 Å². The first kappa shape index (κ1) is 30.0. The standard InChI is InChI=1S/C40H42N2O2/c1-6-16-34(17-7-1)30-41-26-28-42(29-27-41)31-39(43-32-35-18-8-2-9-19-35)33-44-40(36-20-10-3-11-21-36,37-22-12-4-13-23-37)38-24-14-5-15-25-38/h1-25,39H,26-33H2. The van der Waals surface area contributed by atoms with Crippen LogP contribution in [0.3, 0.4) is 0 Å². The lowest BCUT2D eigenvalue weighted by molar-refractivity contribution is -0.0820. The molecular formula is C40H42N2O2. The quantitative estimate of drug-likeness (QED) is 0.135. The van der Waals surface area contributed by atoms with Gasteiger partial charge in [-0.25, -0.2) is 0 Å². The fourth-order valence-corrected chi connectivity index (χ4v) is 6.19. The molecule has 4 heteroatoms. The lowest BCUT2D eigenvalue weighted by Crippen LogP contribution is -2.49. The van der Waals surface area contributed by atoms with E-state index in [1.807, 2.05) is 6.07 Å². The van der Waals surface area contributed by atoms with Crippen molar-refractivity contribution in [2.24, 2.45) is 0 Å². The van der Waals surface area contributed by atoms with Gasteiger partial charge in [0.25, 0.3) is 0 Å². The van der Waals surface area contributed by atoms with Gasteiger partial charge in [-0.1, -0.05) is 152 Å². The molecule has 1 unspecified atom stereocenters. The Morgan fingerprint density at radius 1 is 0.500 bits per heavy atom. The van der Waals surface area contributed by atoms with Crippen LogP contribution in [0.15, 0.2) is 152 Å². The van der Waals surface area contributed by atoms with E-state index in [-0.39, 0.29) is 6.10 Å². The second-order valence-corrected chi connectivity index (χ2v) is 11.6. The van der Waals surface area contributed by atoms with E-state index >= 15 is 0 Å². The van der Waals surface area contributed by atoms with Crippen LogP contribution >= 0.6 is 0 Å². The Kier molecular flexibility index (Phi) is 10.3. The van der Waals surface area contributed by atoms with Crippen molar-refractivity contribution in [2.45, 2.75) is 24.9 Å². The van der Waals surface area contributed by atoms with E-state index in [0.717, 1.165) is 56.0 Å². The number of hydrogen-bond donors (Lipinski definition) is 0. The first-order valence-corrected chi connectivity index (χ1v) is 15.7. The number of rotatable bonds is 13. The monoisotopic (exact) mass is 582 g/mol. The third kappa shape index (κ3) is 7.53. The van der Waals surface area contributed by atoms with E-state index in [1.165, 1.54) is 11.1 Å². The third-order valence-corrected chi connectivity index (χ3v) is 8.53. The summed E-state index contributed by atoms with van der Waals surface area (Å²) in [5.41, 5.74) is 5.09. The van der Waals surface area contributed by atoms with Gasteiger partial charge in [-0.15, -0.1) is 0 Å². The fourth-order valence-electron chi connectivity index (χ4n) is 6.19. The summed E-state index contributed by atoms with van der Waals surface area (Å²) in [5, 5.41) is 0. The molecule has 1 heterocycles. The van der Waals surface area contributed by atoms with Crippen molar-refractivity contribution in [1.29, 1.82) is 0 Å².